The van der Waals surface area contributed by atoms with Crippen LogP contribution in [0.25, 0.3) is 5.70 Å². The highest BCUT2D eigenvalue weighted by Crippen LogP contribution is 2.21. The maximum Gasteiger partial charge on any atom is 0.243 e. The van der Waals surface area contributed by atoms with Gasteiger partial charge in [-0.15, -0.1) is 0 Å². The number of aliphatic hydroxyl groups is 1. The number of hydrogen-bond donors (Lipinski definition) is 5. The van der Waals surface area contributed by atoms with Gasteiger partial charge in [0, 0.05) is 32.0 Å². The topological polar surface area (TPSA) is 129 Å². The number of amidine groups is 1. The molecule has 27 heavy (non-hydrogen) atoms. The fraction of sp³-hybridized carbons (Fsp3) is 0.368. The molecule has 0 aliphatic carbocycles. The molecule has 1 aromatic rings. The molecule has 1 aromatic carbocycles. The highest BCUT2D eigenvalue weighted by atomic mass is 16.2. The first-order valence-corrected chi connectivity index (χ1v) is 8.96. The van der Waals surface area contributed by atoms with Gasteiger partial charge in [0.1, 0.15) is 17.8 Å². The predicted octanol–water partition coefficient (Wildman–Crippen LogP) is 1.03. The molecule has 0 saturated carbocycles. The summed E-state index contributed by atoms with van der Waals surface area (Å²) >= 11 is 0. The average Bonchev–Trinajstić information content (AvgIpc) is 2.72. The van der Waals surface area contributed by atoms with Gasteiger partial charge in [-0.3, -0.25) is 9.79 Å². The third-order valence-electron chi connectivity index (χ3n) is 4.40. The van der Waals surface area contributed by atoms with E-state index in [1.54, 1.807) is 0 Å². The number of amides is 1. The van der Waals surface area contributed by atoms with Crippen LogP contribution in [-0.4, -0.2) is 43.5 Å². The molecule has 1 aliphatic rings. The van der Waals surface area contributed by atoms with Crippen LogP contribution in [0.2, 0.25) is 0 Å². The van der Waals surface area contributed by atoms with Gasteiger partial charge in [0.2, 0.25) is 5.91 Å². The molecule has 0 atom stereocenters. The quantitative estimate of drug-likeness (QED) is 0.276. The number of piperidine rings is 1. The number of anilines is 1. The Morgan fingerprint density at radius 3 is 2.48 bits per heavy atom. The van der Waals surface area contributed by atoms with Crippen molar-refractivity contribution >= 4 is 23.1 Å². The lowest BCUT2D eigenvalue weighted by Crippen LogP contribution is -2.35. The number of carbonyl (C=O) groups excluding carboxylic acids is 1. The van der Waals surface area contributed by atoms with Crippen molar-refractivity contribution in [3.05, 3.63) is 48.0 Å². The maximum absolute atomic E-state index is 11.9. The fourth-order valence-electron chi connectivity index (χ4n) is 2.81. The average molecular weight is 372 g/mol. The minimum Gasteiger partial charge on any atom is -0.513 e. The zero-order chi connectivity index (χ0) is 19.6. The summed E-state index contributed by atoms with van der Waals surface area (Å²) < 4.78 is 0. The summed E-state index contributed by atoms with van der Waals surface area (Å²) in [5.41, 5.74) is 14.3. The van der Waals surface area contributed by atoms with E-state index < -0.39 is 0 Å². The molecule has 8 nitrogen and oxygen atoms in total. The highest BCUT2D eigenvalue weighted by Gasteiger charge is 2.11. The SMILES string of the molecule is CN=C(N)C(=CO)NCC(=O)N/C=C(\N)c1ccc(N2CCCCC2)cc1. The van der Waals surface area contributed by atoms with Crippen molar-refractivity contribution in [1.82, 2.24) is 10.6 Å². The van der Waals surface area contributed by atoms with E-state index >= 15 is 0 Å². The zero-order valence-corrected chi connectivity index (χ0v) is 15.6. The molecule has 0 unspecified atom stereocenters. The molecule has 1 amide bonds. The molecular weight excluding hydrogens is 344 g/mol. The predicted molar refractivity (Wildman–Crippen MR) is 109 cm³/mol. The zero-order valence-electron chi connectivity index (χ0n) is 15.6. The second-order valence-corrected chi connectivity index (χ2v) is 6.27. The van der Waals surface area contributed by atoms with E-state index in [1.165, 1.54) is 38.2 Å². The fourth-order valence-corrected chi connectivity index (χ4v) is 2.81. The van der Waals surface area contributed by atoms with Crippen molar-refractivity contribution in [3.8, 4) is 0 Å². The smallest absolute Gasteiger partial charge is 0.243 e. The van der Waals surface area contributed by atoms with Crippen LogP contribution >= 0.6 is 0 Å². The lowest BCUT2D eigenvalue weighted by molar-refractivity contribution is -0.119. The highest BCUT2D eigenvalue weighted by molar-refractivity contribution is 5.96. The number of nitrogens with one attached hydrogen (secondary N) is 2. The van der Waals surface area contributed by atoms with Gasteiger partial charge >= 0.3 is 0 Å². The van der Waals surface area contributed by atoms with Crippen LogP contribution in [0.5, 0.6) is 0 Å². The standard InChI is InChI=1S/C19H28N6O2/c1-22-19(21)17(13-26)23-12-18(27)24-11-16(20)14-5-7-15(8-6-14)25-9-3-2-4-10-25/h5-8,11,13,23,26H,2-4,9-10,12,20H2,1H3,(H2,21,22)(H,24,27)/b16-11-,17-13?. The molecule has 1 heterocycles. The Hall–Kier alpha value is -3.16. The van der Waals surface area contributed by atoms with Crippen LogP contribution < -0.4 is 27.0 Å². The van der Waals surface area contributed by atoms with Gasteiger partial charge in [-0.25, -0.2) is 0 Å². The van der Waals surface area contributed by atoms with Gasteiger partial charge in [0.05, 0.1) is 12.2 Å². The van der Waals surface area contributed by atoms with Crippen LogP contribution in [0.15, 0.2) is 47.4 Å². The van der Waals surface area contributed by atoms with E-state index in [1.807, 2.05) is 12.1 Å². The lowest BCUT2D eigenvalue weighted by Gasteiger charge is -2.28. The van der Waals surface area contributed by atoms with Crippen molar-refractivity contribution in [2.45, 2.75) is 19.3 Å². The van der Waals surface area contributed by atoms with Crippen LogP contribution in [0.4, 0.5) is 5.69 Å². The number of nitrogens with zero attached hydrogens (tertiary/aromatic N) is 2. The maximum atomic E-state index is 11.9. The molecule has 0 aromatic heterocycles. The third-order valence-corrected chi connectivity index (χ3v) is 4.40. The minimum atomic E-state index is -0.328. The van der Waals surface area contributed by atoms with Gasteiger partial charge in [-0.2, -0.15) is 0 Å². The Kier molecular flexibility index (Phi) is 7.54. The van der Waals surface area contributed by atoms with E-state index in [-0.39, 0.29) is 24.0 Å². The Morgan fingerprint density at radius 1 is 1.22 bits per heavy atom. The number of rotatable bonds is 7. The van der Waals surface area contributed by atoms with Crippen molar-refractivity contribution in [3.63, 3.8) is 0 Å². The lowest BCUT2D eigenvalue weighted by atomic mass is 10.1. The second-order valence-electron chi connectivity index (χ2n) is 6.27. The Balaban J connectivity index is 1.88. The van der Waals surface area contributed by atoms with Crippen molar-refractivity contribution < 1.29 is 9.90 Å². The summed E-state index contributed by atoms with van der Waals surface area (Å²) in [6.45, 7) is 2.09. The van der Waals surface area contributed by atoms with Crippen molar-refractivity contribution in [1.29, 1.82) is 0 Å². The molecule has 0 spiro atoms. The van der Waals surface area contributed by atoms with Crippen LogP contribution in [0, 0.1) is 0 Å². The Bertz CT molecular complexity index is 718. The normalized spacial score (nSPS) is 16.2. The summed E-state index contributed by atoms with van der Waals surface area (Å²) in [6, 6.07) is 8.00. The Morgan fingerprint density at radius 2 is 1.89 bits per heavy atom. The number of benzene rings is 1. The number of aliphatic imine (C=N–C) groups is 1. The van der Waals surface area contributed by atoms with E-state index in [0.29, 0.717) is 5.70 Å². The number of nitrogens with two attached hydrogens (primary N) is 2. The van der Waals surface area contributed by atoms with Crippen molar-refractivity contribution in [2.75, 3.05) is 31.6 Å². The molecule has 0 bridgehead atoms. The van der Waals surface area contributed by atoms with Crippen LogP contribution in [-0.2, 0) is 4.79 Å². The first-order chi connectivity index (χ1) is 13.0. The minimum absolute atomic E-state index is 0.0830. The molecule has 7 N–H and O–H groups in total. The second kappa shape index (κ2) is 10.1. The van der Waals surface area contributed by atoms with Crippen LogP contribution in [0.1, 0.15) is 24.8 Å². The molecule has 2 rings (SSSR count). The molecule has 146 valence electrons. The summed E-state index contributed by atoms with van der Waals surface area (Å²) in [7, 11) is 1.49. The molecule has 1 aliphatic heterocycles. The van der Waals surface area contributed by atoms with E-state index in [2.05, 4.69) is 32.7 Å². The van der Waals surface area contributed by atoms with Gasteiger partial charge in [0.25, 0.3) is 0 Å². The number of hydrogen-bond acceptors (Lipinski definition) is 6. The van der Waals surface area contributed by atoms with E-state index in [0.717, 1.165) is 24.9 Å². The largest absolute Gasteiger partial charge is 0.513 e. The Labute approximate surface area is 159 Å². The summed E-state index contributed by atoms with van der Waals surface area (Å²) in [4.78, 5) is 18.0. The molecule has 8 heteroatoms. The van der Waals surface area contributed by atoms with Gasteiger partial charge in [-0.1, -0.05) is 12.1 Å². The molecular formula is C19H28N6O2. The number of aliphatic hydroxyl groups excluding tert-OH is 1. The van der Waals surface area contributed by atoms with E-state index in [4.69, 9.17) is 16.6 Å². The number of carbonyl (C=O) groups is 1. The summed E-state index contributed by atoms with van der Waals surface area (Å²) in [6.07, 6.45) is 5.98. The van der Waals surface area contributed by atoms with Crippen molar-refractivity contribution in [2.24, 2.45) is 16.5 Å². The first-order valence-electron chi connectivity index (χ1n) is 8.96. The third kappa shape index (κ3) is 5.95. The van der Waals surface area contributed by atoms with Crippen LogP contribution in [0.3, 0.4) is 0 Å². The summed E-state index contributed by atoms with van der Waals surface area (Å²) in [5, 5.41) is 14.4. The molecule has 1 saturated heterocycles. The summed E-state index contributed by atoms with van der Waals surface area (Å²) in [5.74, 6) is -0.222. The van der Waals surface area contributed by atoms with Gasteiger partial charge in [0.15, 0.2) is 0 Å². The monoisotopic (exact) mass is 372 g/mol. The molecule has 1 fully saturated rings. The molecule has 0 radical (unpaired) electrons. The first kappa shape index (κ1) is 20.2. The van der Waals surface area contributed by atoms with Gasteiger partial charge < -0.3 is 32.1 Å². The van der Waals surface area contributed by atoms with Gasteiger partial charge in [-0.05, 0) is 37.0 Å². The van der Waals surface area contributed by atoms with E-state index in [9.17, 15) is 4.79 Å².